The van der Waals surface area contributed by atoms with Gasteiger partial charge >= 0.3 is 0 Å². The maximum atomic E-state index is 12.4. The van der Waals surface area contributed by atoms with E-state index in [9.17, 15) is 8.42 Å². The number of hydrogen-bond acceptors (Lipinski definition) is 5. The highest BCUT2D eigenvalue weighted by molar-refractivity contribution is 7.89. The second-order valence-electron chi connectivity index (χ2n) is 5.45. The van der Waals surface area contributed by atoms with Crippen molar-refractivity contribution in [3.8, 4) is 11.5 Å². The van der Waals surface area contributed by atoms with Gasteiger partial charge in [-0.05, 0) is 38.3 Å². The van der Waals surface area contributed by atoms with Crippen molar-refractivity contribution in [2.24, 2.45) is 5.92 Å². The van der Waals surface area contributed by atoms with Crippen LogP contribution >= 0.6 is 0 Å². The van der Waals surface area contributed by atoms with E-state index >= 15 is 0 Å². The Labute approximate surface area is 132 Å². The van der Waals surface area contributed by atoms with E-state index in [0.29, 0.717) is 24.0 Å². The molecule has 1 aliphatic heterocycles. The molecule has 1 saturated heterocycles. The maximum Gasteiger partial charge on any atom is 0.240 e. The summed E-state index contributed by atoms with van der Waals surface area (Å²) < 4.78 is 37.6. The molecule has 1 aromatic rings. The topological polar surface area (TPSA) is 76.7 Å². The molecule has 2 rings (SSSR count). The summed E-state index contributed by atoms with van der Waals surface area (Å²) in [6.45, 7) is 2.47. The molecule has 1 aromatic carbocycles. The van der Waals surface area contributed by atoms with E-state index in [4.69, 9.17) is 9.47 Å². The van der Waals surface area contributed by atoms with Gasteiger partial charge in [-0.3, -0.25) is 0 Å². The standard InChI is InChI=1S/C15H24N2O4S/c1-20-13-8-14(21-2)10-15(9-13)22(18,19)17-7-5-12-4-3-6-16-11-12/h8-10,12,16-17H,3-7,11H2,1-2H3. The van der Waals surface area contributed by atoms with Gasteiger partial charge in [0.25, 0.3) is 0 Å². The Bertz CT molecular complexity index is 561. The first-order valence-corrected chi connectivity index (χ1v) is 8.97. The Balaban J connectivity index is 1.99. The fourth-order valence-electron chi connectivity index (χ4n) is 2.59. The third-order valence-corrected chi connectivity index (χ3v) is 5.32. The highest BCUT2D eigenvalue weighted by Gasteiger charge is 2.18. The number of methoxy groups -OCH3 is 2. The van der Waals surface area contributed by atoms with Crippen molar-refractivity contribution in [2.45, 2.75) is 24.2 Å². The van der Waals surface area contributed by atoms with Crippen molar-refractivity contribution >= 4 is 10.0 Å². The fourth-order valence-corrected chi connectivity index (χ4v) is 3.68. The first kappa shape index (κ1) is 17.1. The normalized spacial score (nSPS) is 18.9. The van der Waals surface area contributed by atoms with Gasteiger partial charge in [0.15, 0.2) is 0 Å². The minimum absolute atomic E-state index is 0.158. The molecule has 1 unspecified atom stereocenters. The van der Waals surface area contributed by atoms with Crippen LogP contribution in [-0.2, 0) is 10.0 Å². The average molecular weight is 328 g/mol. The number of rotatable bonds is 7. The van der Waals surface area contributed by atoms with Crippen LogP contribution in [-0.4, -0.2) is 42.3 Å². The van der Waals surface area contributed by atoms with E-state index in [1.165, 1.54) is 26.4 Å². The van der Waals surface area contributed by atoms with Crippen molar-refractivity contribution in [2.75, 3.05) is 33.9 Å². The Morgan fingerprint density at radius 1 is 1.23 bits per heavy atom. The van der Waals surface area contributed by atoms with Crippen LogP contribution in [0.5, 0.6) is 11.5 Å². The number of benzene rings is 1. The monoisotopic (exact) mass is 328 g/mol. The number of hydrogen-bond donors (Lipinski definition) is 2. The minimum atomic E-state index is -3.56. The Morgan fingerprint density at radius 3 is 2.45 bits per heavy atom. The van der Waals surface area contributed by atoms with Crippen LogP contribution in [0.2, 0.25) is 0 Å². The molecule has 0 saturated carbocycles. The zero-order valence-corrected chi connectivity index (χ0v) is 13.9. The van der Waals surface area contributed by atoms with Crippen LogP contribution in [0.15, 0.2) is 23.1 Å². The number of piperidine rings is 1. The van der Waals surface area contributed by atoms with Crippen LogP contribution in [0.25, 0.3) is 0 Å². The summed E-state index contributed by atoms with van der Waals surface area (Å²) in [5.74, 6) is 1.45. The summed E-state index contributed by atoms with van der Waals surface area (Å²) in [6, 6.07) is 4.63. The van der Waals surface area contributed by atoms with Gasteiger partial charge < -0.3 is 14.8 Å². The molecule has 1 fully saturated rings. The summed E-state index contributed by atoms with van der Waals surface area (Å²) in [7, 11) is -0.567. The Hall–Kier alpha value is -1.31. The molecule has 1 aliphatic rings. The summed E-state index contributed by atoms with van der Waals surface area (Å²) >= 11 is 0. The predicted molar refractivity (Wildman–Crippen MR) is 84.9 cm³/mol. The van der Waals surface area contributed by atoms with Gasteiger partial charge in [-0.25, -0.2) is 13.1 Å². The predicted octanol–water partition coefficient (Wildman–Crippen LogP) is 1.37. The molecular weight excluding hydrogens is 304 g/mol. The molecule has 0 bridgehead atoms. The number of nitrogens with one attached hydrogen (secondary N) is 2. The molecule has 0 aromatic heterocycles. The van der Waals surface area contributed by atoms with E-state index in [-0.39, 0.29) is 4.90 Å². The number of sulfonamides is 1. The minimum Gasteiger partial charge on any atom is -0.497 e. The van der Waals surface area contributed by atoms with Gasteiger partial charge in [0, 0.05) is 24.7 Å². The van der Waals surface area contributed by atoms with Crippen molar-refractivity contribution < 1.29 is 17.9 Å². The molecular formula is C15H24N2O4S. The van der Waals surface area contributed by atoms with E-state index < -0.39 is 10.0 Å². The number of ether oxygens (including phenoxy) is 2. The zero-order valence-electron chi connectivity index (χ0n) is 13.1. The lowest BCUT2D eigenvalue weighted by Gasteiger charge is -2.22. The van der Waals surface area contributed by atoms with Gasteiger partial charge in [-0.15, -0.1) is 0 Å². The van der Waals surface area contributed by atoms with Gasteiger partial charge in [0.05, 0.1) is 19.1 Å². The summed E-state index contributed by atoms with van der Waals surface area (Å²) in [6.07, 6.45) is 3.15. The summed E-state index contributed by atoms with van der Waals surface area (Å²) in [5.41, 5.74) is 0. The van der Waals surface area contributed by atoms with E-state index in [1.54, 1.807) is 6.07 Å². The highest BCUT2D eigenvalue weighted by Crippen LogP contribution is 2.25. The average Bonchev–Trinajstić information content (AvgIpc) is 2.55. The largest absolute Gasteiger partial charge is 0.497 e. The molecule has 0 spiro atoms. The lowest BCUT2D eigenvalue weighted by atomic mass is 9.96. The van der Waals surface area contributed by atoms with Gasteiger partial charge in [0.2, 0.25) is 10.0 Å². The first-order valence-electron chi connectivity index (χ1n) is 7.48. The third-order valence-electron chi connectivity index (χ3n) is 3.88. The molecule has 0 aliphatic carbocycles. The molecule has 124 valence electrons. The van der Waals surface area contributed by atoms with Crippen molar-refractivity contribution in [1.82, 2.24) is 10.0 Å². The first-order chi connectivity index (χ1) is 10.5. The molecule has 0 radical (unpaired) electrons. The van der Waals surface area contributed by atoms with Crippen LogP contribution in [0.4, 0.5) is 0 Å². The van der Waals surface area contributed by atoms with Crippen LogP contribution in [0, 0.1) is 5.92 Å². The third kappa shape index (κ3) is 4.59. The van der Waals surface area contributed by atoms with Crippen LogP contribution < -0.4 is 19.5 Å². The molecule has 7 heteroatoms. The van der Waals surface area contributed by atoms with E-state index in [2.05, 4.69) is 10.0 Å². The van der Waals surface area contributed by atoms with E-state index in [1.807, 2.05) is 0 Å². The van der Waals surface area contributed by atoms with Crippen LogP contribution in [0.1, 0.15) is 19.3 Å². The van der Waals surface area contributed by atoms with Crippen molar-refractivity contribution in [1.29, 1.82) is 0 Å². The maximum absolute atomic E-state index is 12.4. The van der Waals surface area contributed by atoms with Crippen molar-refractivity contribution in [3.05, 3.63) is 18.2 Å². The SMILES string of the molecule is COc1cc(OC)cc(S(=O)(=O)NCCC2CCCNC2)c1. The second kappa shape index (κ2) is 7.80. The van der Waals surface area contributed by atoms with Gasteiger partial charge in [0.1, 0.15) is 11.5 Å². The second-order valence-corrected chi connectivity index (χ2v) is 7.21. The molecule has 1 heterocycles. The quantitative estimate of drug-likeness (QED) is 0.790. The molecule has 1 atom stereocenters. The highest BCUT2D eigenvalue weighted by atomic mass is 32.2. The summed E-state index contributed by atoms with van der Waals surface area (Å²) in [4.78, 5) is 0.158. The van der Waals surface area contributed by atoms with Crippen LogP contribution in [0.3, 0.4) is 0 Å². The molecule has 0 amide bonds. The van der Waals surface area contributed by atoms with Gasteiger partial charge in [-0.2, -0.15) is 0 Å². The molecule has 6 nitrogen and oxygen atoms in total. The lowest BCUT2D eigenvalue weighted by Crippen LogP contribution is -2.33. The Kier molecular flexibility index (Phi) is 6.05. The molecule has 22 heavy (non-hydrogen) atoms. The smallest absolute Gasteiger partial charge is 0.240 e. The van der Waals surface area contributed by atoms with Crippen molar-refractivity contribution in [3.63, 3.8) is 0 Å². The van der Waals surface area contributed by atoms with E-state index in [0.717, 1.165) is 32.4 Å². The van der Waals surface area contributed by atoms with Gasteiger partial charge in [-0.1, -0.05) is 0 Å². The molecule has 2 N–H and O–H groups in total. The fraction of sp³-hybridized carbons (Fsp3) is 0.600. The zero-order chi connectivity index (χ0) is 16.0. The summed E-state index contributed by atoms with van der Waals surface area (Å²) in [5, 5.41) is 3.33. The Morgan fingerprint density at radius 2 is 1.91 bits per heavy atom. The lowest BCUT2D eigenvalue weighted by molar-refractivity contribution is 0.358.